The van der Waals surface area contributed by atoms with Crippen LogP contribution in [0.1, 0.15) is 33.1 Å². The van der Waals surface area contributed by atoms with Gasteiger partial charge in [-0.2, -0.15) is 0 Å². The highest BCUT2D eigenvalue weighted by molar-refractivity contribution is 5.84. The third-order valence-corrected chi connectivity index (χ3v) is 2.66. The molecule has 0 saturated carbocycles. The Labute approximate surface area is 113 Å². The molecule has 4 heteroatoms. The molecule has 0 aromatic heterocycles. The highest BCUT2D eigenvalue weighted by Gasteiger charge is 2.11. The van der Waals surface area contributed by atoms with Crippen LogP contribution >= 0.6 is 0 Å². The lowest BCUT2D eigenvalue weighted by atomic mass is 10.2. The first-order valence-corrected chi connectivity index (χ1v) is 6.50. The Kier molecular flexibility index (Phi) is 6.64. The molecule has 0 aliphatic heterocycles. The van der Waals surface area contributed by atoms with Crippen LogP contribution in [0.2, 0.25) is 0 Å². The van der Waals surface area contributed by atoms with Crippen molar-refractivity contribution >= 4 is 11.8 Å². The maximum Gasteiger partial charge on any atom is 0.306 e. The number of carbonyl (C=O) groups is 2. The summed E-state index contributed by atoms with van der Waals surface area (Å²) in [7, 11) is 0. The first kappa shape index (κ1) is 15.2. The van der Waals surface area contributed by atoms with Crippen LogP contribution in [0, 0.1) is 0 Å². The second kappa shape index (κ2) is 8.29. The molecule has 1 aromatic carbocycles. The zero-order chi connectivity index (χ0) is 14.1. The molecule has 19 heavy (non-hydrogen) atoms. The van der Waals surface area contributed by atoms with Gasteiger partial charge in [-0.25, -0.2) is 0 Å². The second-order valence-electron chi connectivity index (χ2n) is 4.35. The molecule has 0 aliphatic carbocycles. The minimum absolute atomic E-state index is 0.0133. The molecule has 0 spiro atoms. The summed E-state index contributed by atoms with van der Waals surface area (Å²) in [5.41, 5.74) is 0. The molecular formula is C15H20O4. The van der Waals surface area contributed by atoms with Crippen LogP contribution in [-0.4, -0.2) is 24.5 Å². The van der Waals surface area contributed by atoms with Crippen molar-refractivity contribution in [3.63, 3.8) is 0 Å². The predicted octanol–water partition coefficient (Wildman–Crippen LogP) is 2.76. The monoisotopic (exact) mass is 264 g/mol. The summed E-state index contributed by atoms with van der Waals surface area (Å²) in [5, 5.41) is 0. The molecule has 0 radical (unpaired) electrons. The fourth-order valence-corrected chi connectivity index (χ4v) is 1.36. The van der Waals surface area contributed by atoms with Crippen molar-refractivity contribution in [2.45, 2.75) is 39.2 Å². The first-order valence-electron chi connectivity index (χ1n) is 6.50. The van der Waals surface area contributed by atoms with Gasteiger partial charge in [-0.05, 0) is 25.5 Å². The van der Waals surface area contributed by atoms with Crippen LogP contribution in [0.5, 0.6) is 5.75 Å². The van der Waals surface area contributed by atoms with Crippen LogP contribution in [0.3, 0.4) is 0 Å². The lowest BCUT2D eigenvalue weighted by Gasteiger charge is -2.10. The first-order chi connectivity index (χ1) is 9.11. The van der Waals surface area contributed by atoms with Crippen LogP contribution in [0.15, 0.2) is 30.3 Å². The number of carbonyl (C=O) groups excluding carboxylic acids is 2. The van der Waals surface area contributed by atoms with E-state index in [-0.39, 0.29) is 37.3 Å². The average Bonchev–Trinajstić information content (AvgIpc) is 2.43. The van der Waals surface area contributed by atoms with Gasteiger partial charge in [-0.3, -0.25) is 9.59 Å². The van der Waals surface area contributed by atoms with Crippen LogP contribution in [0.25, 0.3) is 0 Å². The number of hydrogen-bond donors (Lipinski definition) is 0. The van der Waals surface area contributed by atoms with Crippen LogP contribution in [0.4, 0.5) is 0 Å². The number of rotatable bonds is 8. The van der Waals surface area contributed by atoms with E-state index in [1.807, 2.05) is 32.0 Å². The van der Waals surface area contributed by atoms with E-state index in [4.69, 9.17) is 9.47 Å². The van der Waals surface area contributed by atoms with E-state index in [2.05, 4.69) is 0 Å². The lowest BCUT2D eigenvalue weighted by Crippen LogP contribution is -2.17. The molecule has 0 saturated heterocycles. The standard InChI is InChI=1S/C15H20O4/c1-3-12(2)19-15(17)10-9-13(16)11-18-14-7-5-4-6-8-14/h4-8,12H,3,9-11H2,1-2H3. The maximum atomic E-state index is 11.5. The Balaban J connectivity index is 2.19. The highest BCUT2D eigenvalue weighted by atomic mass is 16.5. The zero-order valence-corrected chi connectivity index (χ0v) is 11.4. The number of ether oxygens (including phenoxy) is 2. The van der Waals surface area contributed by atoms with Crippen molar-refractivity contribution in [3.8, 4) is 5.75 Å². The van der Waals surface area contributed by atoms with Crippen molar-refractivity contribution in [1.82, 2.24) is 0 Å². The molecule has 1 unspecified atom stereocenters. The third-order valence-electron chi connectivity index (χ3n) is 2.66. The Hall–Kier alpha value is -1.84. The molecule has 0 aliphatic rings. The van der Waals surface area contributed by atoms with Gasteiger partial charge in [-0.1, -0.05) is 25.1 Å². The molecule has 0 heterocycles. The molecule has 0 N–H and O–H groups in total. The third kappa shape index (κ3) is 6.60. The van der Waals surface area contributed by atoms with Gasteiger partial charge < -0.3 is 9.47 Å². The molecule has 1 atom stereocenters. The van der Waals surface area contributed by atoms with Gasteiger partial charge in [-0.15, -0.1) is 0 Å². The summed E-state index contributed by atoms with van der Waals surface area (Å²) in [6.07, 6.45) is 0.948. The number of para-hydroxylation sites is 1. The lowest BCUT2D eigenvalue weighted by molar-refractivity contribution is -0.149. The Bertz CT molecular complexity index is 400. The van der Waals surface area contributed by atoms with Crippen molar-refractivity contribution in [3.05, 3.63) is 30.3 Å². The predicted molar refractivity (Wildman–Crippen MR) is 72.0 cm³/mol. The van der Waals surface area contributed by atoms with Crippen LogP contribution in [-0.2, 0) is 14.3 Å². The summed E-state index contributed by atoms with van der Waals surface area (Å²) in [6.45, 7) is 3.76. The van der Waals surface area contributed by atoms with E-state index in [0.717, 1.165) is 6.42 Å². The summed E-state index contributed by atoms with van der Waals surface area (Å²) < 4.78 is 10.4. The van der Waals surface area contributed by atoms with Gasteiger partial charge in [0, 0.05) is 6.42 Å². The Morgan fingerprint density at radius 3 is 2.47 bits per heavy atom. The second-order valence-corrected chi connectivity index (χ2v) is 4.35. The van der Waals surface area contributed by atoms with Gasteiger partial charge >= 0.3 is 5.97 Å². The zero-order valence-electron chi connectivity index (χ0n) is 11.4. The van der Waals surface area contributed by atoms with Crippen molar-refractivity contribution in [1.29, 1.82) is 0 Å². The molecule has 1 rings (SSSR count). The number of esters is 1. The minimum Gasteiger partial charge on any atom is -0.486 e. The average molecular weight is 264 g/mol. The number of benzene rings is 1. The Morgan fingerprint density at radius 2 is 1.84 bits per heavy atom. The number of ketones is 1. The van der Waals surface area contributed by atoms with E-state index in [1.165, 1.54) is 0 Å². The quantitative estimate of drug-likeness (QED) is 0.677. The van der Waals surface area contributed by atoms with Gasteiger partial charge in [0.1, 0.15) is 12.4 Å². The van der Waals surface area contributed by atoms with Gasteiger partial charge in [0.25, 0.3) is 0 Å². The fraction of sp³-hybridized carbons (Fsp3) is 0.467. The number of hydrogen-bond acceptors (Lipinski definition) is 4. The van der Waals surface area contributed by atoms with Crippen molar-refractivity contribution < 1.29 is 19.1 Å². The summed E-state index contributed by atoms with van der Waals surface area (Å²) in [6, 6.07) is 9.11. The minimum atomic E-state index is -0.331. The smallest absolute Gasteiger partial charge is 0.306 e. The molecule has 0 amide bonds. The van der Waals surface area contributed by atoms with Crippen molar-refractivity contribution in [2.24, 2.45) is 0 Å². The van der Waals surface area contributed by atoms with Crippen molar-refractivity contribution in [2.75, 3.05) is 6.61 Å². The molecule has 1 aromatic rings. The van der Waals surface area contributed by atoms with E-state index >= 15 is 0 Å². The largest absolute Gasteiger partial charge is 0.486 e. The summed E-state index contributed by atoms with van der Waals surface area (Å²) in [4.78, 5) is 22.9. The number of Topliss-reactive ketones (excluding diaryl/α,β-unsaturated/α-hetero) is 1. The molecular weight excluding hydrogens is 244 g/mol. The highest BCUT2D eigenvalue weighted by Crippen LogP contribution is 2.08. The van der Waals surface area contributed by atoms with E-state index in [0.29, 0.717) is 5.75 Å². The Morgan fingerprint density at radius 1 is 1.16 bits per heavy atom. The maximum absolute atomic E-state index is 11.5. The van der Waals surface area contributed by atoms with Gasteiger partial charge in [0.15, 0.2) is 5.78 Å². The van der Waals surface area contributed by atoms with E-state index in [1.54, 1.807) is 12.1 Å². The fourth-order valence-electron chi connectivity index (χ4n) is 1.36. The topological polar surface area (TPSA) is 52.6 Å². The summed E-state index contributed by atoms with van der Waals surface area (Å²) in [5.74, 6) is 0.213. The summed E-state index contributed by atoms with van der Waals surface area (Å²) >= 11 is 0. The normalized spacial score (nSPS) is 11.7. The van der Waals surface area contributed by atoms with E-state index in [9.17, 15) is 9.59 Å². The van der Waals surface area contributed by atoms with E-state index < -0.39 is 0 Å². The molecule has 4 nitrogen and oxygen atoms in total. The SMILES string of the molecule is CCC(C)OC(=O)CCC(=O)COc1ccccc1. The molecule has 0 fully saturated rings. The van der Waals surface area contributed by atoms with Gasteiger partial charge in [0.05, 0.1) is 12.5 Å². The van der Waals surface area contributed by atoms with Crippen LogP contribution < -0.4 is 4.74 Å². The van der Waals surface area contributed by atoms with Gasteiger partial charge in [0.2, 0.25) is 0 Å². The molecule has 0 bridgehead atoms. The molecule has 104 valence electrons.